The summed E-state index contributed by atoms with van der Waals surface area (Å²) in [6.45, 7) is 1.43. The van der Waals surface area contributed by atoms with E-state index in [9.17, 15) is 14.7 Å². The topological polar surface area (TPSA) is 69.6 Å². The second-order valence-corrected chi connectivity index (χ2v) is 5.47. The number of nitrogens with one attached hydrogen (secondary N) is 1. The maximum atomic E-state index is 11.8. The predicted octanol–water partition coefficient (Wildman–Crippen LogP) is 0.901. The highest BCUT2D eigenvalue weighted by Gasteiger charge is 2.54. The summed E-state index contributed by atoms with van der Waals surface area (Å²) in [6.07, 6.45) is 4.02. The largest absolute Gasteiger partial charge is 0.481 e. The van der Waals surface area contributed by atoms with Gasteiger partial charge in [-0.05, 0) is 37.5 Å². The Hall–Kier alpha value is -1.26. The number of nitrogens with zero attached hydrogens (tertiary/aromatic N) is 1. The molecule has 2 saturated carbocycles. The van der Waals surface area contributed by atoms with Gasteiger partial charge in [-0.2, -0.15) is 0 Å². The third-order valence-corrected chi connectivity index (χ3v) is 4.63. The number of carbonyl (C=O) groups is 2. The first-order valence-corrected chi connectivity index (χ1v) is 6.46. The van der Waals surface area contributed by atoms with Crippen molar-refractivity contribution in [3.8, 4) is 0 Å². The van der Waals surface area contributed by atoms with Gasteiger partial charge in [-0.1, -0.05) is 0 Å². The van der Waals surface area contributed by atoms with Crippen LogP contribution in [0.2, 0.25) is 0 Å². The molecule has 2 bridgehead atoms. The van der Waals surface area contributed by atoms with Crippen molar-refractivity contribution in [2.45, 2.75) is 31.7 Å². The van der Waals surface area contributed by atoms with Gasteiger partial charge in [0.15, 0.2) is 0 Å². The van der Waals surface area contributed by atoms with Crippen molar-refractivity contribution >= 4 is 12.0 Å². The lowest BCUT2D eigenvalue weighted by molar-refractivity contribution is -0.145. The molecule has 1 aliphatic heterocycles. The number of carboxylic acid groups (broad SMARTS) is 1. The van der Waals surface area contributed by atoms with E-state index < -0.39 is 5.97 Å². The first-order chi connectivity index (χ1) is 8.18. The van der Waals surface area contributed by atoms with Crippen LogP contribution in [0.5, 0.6) is 0 Å². The van der Waals surface area contributed by atoms with Crippen LogP contribution in [-0.4, -0.2) is 41.1 Å². The molecule has 4 unspecified atom stereocenters. The summed E-state index contributed by atoms with van der Waals surface area (Å²) in [7, 11) is 0. The highest BCUT2D eigenvalue weighted by atomic mass is 16.4. The summed E-state index contributed by atoms with van der Waals surface area (Å²) >= 11 is 0. The van der Waals surface area contributed by atoms with Crippen molar-refractivity contribution in [3.63, 3.8) is 0 Å². The molecule has 2 amide bonds. The number of hydrogen-bond acceptors (Lipinski definition) is 2. The summed E-state index contributed by atoms with van der Waals surface area (Å²) in [6, 6.07) is -0.133. The van der Waals surface area contributed by atoms with Crippen molar-refractivity contribution in [2.24, 2.45) is 17.8 Å². The molecule has 3 rings (SSSR count). The third kappa shape index (κ3) is 1.59. The zero-order valence-electron chi connectivity index (χ0n) is 9.76. The maximum Gasteiger partial charge on any atom is 0.317 e. The predicted molar refractivity (Wildman–Crippen MR) is 60.5 cm³/mol. The number of rotatable bonds is 2. The van der Waals surface area contributed by atoms with Crippen LogP contribution in [0.1, 0.15) is 25.7 Å². The average Bonchev–Trinajstić information content (AvgIpc) is 2.89. The van der Waals surface area contributed by atoms with Gasteiger partial charge in [0.2, 0.25) is 0 Å². The summed E-state index contributed by atoms with van der Waals surface area (Å²) < 4.78 is 0. The number of aliphatic carboxylic acids is 1. The van der Waals surface area contributed by atoms with E-state index in [0.717, 1.165) is 25.7 Å². The van der Waals surface area contributed by atoms with Gasteiger partial charge in [0, 0.05) is 19.1 Å². The monoisotopic (exact) mass is 238 g/mol. The zero-order valence-corrected chi connectivity index (χ0v) is 9.76. The Kier molecular flexibility index (Phi) is 2.49. The Balaban J connectivity index is 1.85. The van der Waals surface area contributed by atoms with E-state index in [0.29, 0.717) is 19.0 Å². The average molecular weight is 238 g/mol. The molecule has 0 aromatic carbocycles. The highest BCUT2D eigenvalue weighted by molar-refractivity contribution is 5.78. The minimum absolute atomic E-state index is 0.0634. The number of amides is 2. The Morgan fingerprint density at radius 3 is 2.82 bits per heavy atom. The molecule has 0 radical (unpaired) electrons. The molecule has 2 aliphatic carbocycles. The van der Waals surface area contributed by atoms with Crippen LogP contribution in [0.15, 0.2) is 0 Å². The number of carboxylic acids is 1. The van der Waals surface area contributed by atoms with E-state index in [2.05, 4.69) is 5.32 Å². The first-order valence-electron chi connectivity index (χ1n) is 6.46. The van der Waals surface area contributed by atoms with Crippen LogP contribution in [0.4, 0.5) is 4.79 Å². The van der Waals surface area contributed by atoms with Gasteiger partial charge in [0.1, 0.15) is 0 Å². The highest BCUT2D eigenvalue weighted by Crippen LogP contribution is 2.50. The zero-order chi connectivity index (χ0) is 12.0. The van der Waals surface area contributed by atoms with Crippen LogP contribution in [-0.2, 0) is 4.79 Å². The van der Waals surface area contributed by atoms with Crippen molar-refractivity contribution in [1.82, 2.24) is 10.2 Å². The van der Waals surface area contributed by atoms with E-state index in [4.69, 9.17) is 0 Å². The summed E-state index contributed by atoms with van der Waals surface area (Å²) in [5.41, 5.74) is 0. The Labute approximate surface area is 100 Å². The molecule has 17 heavy (non-hydrogen) atoms. The summed E-state index contributed by atoms with van der Waals surface area (Å²) in [4.78, 5) is 25.0. The molecule has 2 N–H and O–H groups in total. The smallest absolute Gasteiger partial charge is 0.317 e. The second kappa shape index (κ2) is 3.89. The van der Waals surface area contributed by atoms with Crippen LogP contribution >= 0.6 is 0 Å². The molecular formula is C12H18N2O3. The van der Waals surface area contributed by atoms with Crippen LogP contribution < -0.4 is 5.32 Å². The van der Waals surface area contributed by atoms with Gasteiger partial charge < -0.3 is 15.3 Å². The number of urea groups is 1. The van der Waals surface area contributed by atoms with E-state index in [1.807, 2.05) is 0 Å². The number of hydrogen-bond donors (Lipinski definition) is 2. The van der Waals surface area contributed by atoms with Crippen LogP contribution in [0.3, 0.4) is 0 Å². The number of carbonyl (C=O) groups excluding carboxylic acids is 1. The fourth-order valence-electron chi connectivity index (χ4n) is 3.99. The molecule has 0 spiro atoms. The standard InChI is InChI=1S/C12H18N2O3/c15-11(16)9-7-2-3-8(6-7)10(9)14-5-1-4-13-12(14)17/h7-10H,1-6H2,(H,13,17)(H,15,16). The molecule has 5 nitrogen and oxygen atoms in total. The molecule has 1 heterocycles. The Bertz CT molecular complexity index is 358. The molecule has 5 heteroatoms. The first kappa shape index (κ1) is 10.9. The summed E-state index contributed by atoms with van der Waals surface area (Å²) in [5, 5.41) is 12.2. The fraction of sp³-hybridized carbons (Fsp3) is 0.833. The number of fused-ring (bicyclic) bond motifs is 2. The minimum Gasteiger partial charge on any atom is -0.481 e. The van der Waals surface area contributed by atoms with Crippen molar-refractivity contribution in [1.29, 1.82) is 0 Å². The van der Waals surface area contributed by atoms with Gasteiger partial charge in [-0.3, -0.25) is 4.79 Å². The SMILES string of the molecule is O=C(O)C1C2CCC(C2)C1N1CCCNC1=O. The lowest BCUT2D eigenvalue weighted by Gasteiger charge is -2.40. The van der Waals surface area contributed by atoms with E-state index in [1.54, 1.807) is 4.90 Å². The normalized spacial score (nSPS) is 40.5. The fourth-order valence-corrected chi connectivity index (χ4v) is 3.99. The molecule has 94 valence electrons. The van der Waals surface area contributed by atoms with Crippen molar-refractivity contribution in [3.05, 3.63) is 0 Å². The Morgan fingerprint density at radius 1 is 1.35 bits per heavy atom. The van der Waals surface area contributed by atoms with Crippen LogP contribution in [0.25, 0.3) is 0 Å². The van der Waals surface area contributed by atoms with Crippen molar-refractivity contribution < 1.29 is 14.7 Å². The summed E-state index contributed by atoms with van der Waals surface area (Å²) in [5.74, 6) is -0.361. The quantitative estimate of drug-likeness (QED) is 0.751. The van der Waals surface area contributed by atoms with Gasteiger partial charge in [0.25, 0.3) is 0 Å². The minimum atomic E-state index is -0.722. The van der Waals surface area contributed by atoms with Gasteiger partial charge >= 0.3 is 12.0 Å². The van der Waals surface area contributed by atoms with Gasteiger partial charge in [0.05, 0.1) is 5.92 Å². The molecule has 0 aromatic heterocycles. The third-order valence-electron chi connectivity index (χ3n) is 4.63. The second-order valence-electron chi connectivity index (χ2n) is 5.47. The Morgan fingerprint density at radius 2 is 2.12 bits per heavy atom. The van der Waals surface area contributed by atoms with Gasteiger partial charge in [-0.25, -0.2) is 4.79 Å². The van der Waals surface area contributed by atoms with E-state index in [1.165, 1.54) is 0 Å². The molecule has 4 atom stereocenters. The van der Waals surface area contributed by atoms with E-state index >= 15 is 0 Å². The molecule has 3 aliphatic rings. The molecule has 3 fully saturated rings. The van der Waals surface area contributed by atoms with Crippen molar-refractivity contribution in [2.75, 3.05) is 13.1 Å². The molecule has 0 aromatic rings. The van der Waals surface area contributed by atoms with Crippen LogP contribution in [0, 0.1) is 17.8 Å². The molecular weight excluding hydrogens is 220 g/mol. The maximum absolute atomic E-state index is 11.8. The van der Waals surface area contributed by atoms with Gasteiger partial charge in [-0.15, -0.1) is 0 Å². The van der Waals surface area contributed by atoms with E-state index in [-0.39, 0.29) is 23.9 Å². The molecule has 1 saturated heterocycles. The lowest BCUT2D eigenvalue weighted by Crippen LogP contribution is -2.56. The lowest BCUT2D eigenvalue weighted by atomic mass is 9.83.